The number of amides is 1. The van der Waals surface area contributed by atoms with Gasteiger partial charge in [-0.2, -0.15) is 0 Å². The van der Waals surface area contributed by atoms with Crippen LogP contribution in [0.5, 0.6) is 0 Å². The van der Waals surface area contributed by atoms with Crippen molar-refractivity contribution in [1.29, 1.82) is 0 Å². The highest BCUT2D eigenvalue weighted by atomic mass is 16.4. The van der Waals surface area contributed by atoms with Gasteiger partial charge in [-0.05, 0) is 61.7 Å². The Bertz CT molecular complexity index is 479. The molecule has 4 heteroatoms. The molecule has 0 aliphatic heterocycles. The van der Waals surface area contributed by atoms with Crippen molar-refractivity contribution in [2.75, 3.05) is 0 Å². The molecule has 3 unspecified atom stereocenters. The highest BCUT2D eigenvalue weighted by Crippen LogP contribution is 2.65. The van der Waals surface area contributed by atoms with Crippen molar-refractivity contribution >= 4 is 11.9 Å². The summed E-state index contributed by atoms with van der Waals surface area (Å²) in [5, 5.41) is 12.4. The topological polar surface area (TPSA) is 66.4 Å². The average molecular weight is 307 g/mol. The summed E-state index contributed by atoms with van der Waals surface area (Å²) in [5.41, 5.74) is 0.525. The van der Waals surface area contributed by atoms with Crippen LogP contribution in [-0.2, 0) is 9.59 Å². The van der Waals surface area contributed by atoms with Gasteiger partial charge in [0.2, 0.25) is 5.91 Å². The summed E-state index contributed by atoms with van der Waals surface area (Å²) in [6.45, 7) is 7.05. The van der Waals surface area contributed by atoms with Crippen molar-refractivity contribution in [2.45, 2.75) is 71.8 Å². The highest BCUT2D eigenvalue weighted by Gasteiger charge is 2.61. The van der Waals surface area contributed by atoms with Gasteiger partial charge in [-0.25, -0.2) is 0 Å². The van der Waals surface area contributed by atoms with Gasteiger partial charge in [0.15, 0.2) is 0 Å². The largest absolute Gasteiger partial charge is 0.481 e. The molecule has 0 saturated heterocycles. The summed E-state index contributed by atoms with van der Waals surface area (Å²) in [4.78, 5) is 23.6. The first-order chi connectivity index (χ1) is 10.3. The molecule has 0 spiro atoms. The van der Waals surface area contributed by atoms with Gasteiger partial charge in [0.05, 0.1) is 5.92 Å². The molecular formula is C18H29NO3. The van der Waals surface area contributed by atoms with Gasteiger partial charge in [0.25, 0.3) is 0 Å². The predicted molar refractivity (Wildman–Crippen MR) is 84.2 cm³/mol. The van der Waals surface area contributed by atoms with E-state index in [0.29, 0.717) is 24.3 Å². The Labute approximate surface area is 133 Å². The van der Waals surface area contributed by atoms with E-state index in [4.69, 9.17) is 5.11 Å². The Morgan fingerprint density at radius 1 is 1.00 bits per heavy atom. The monoisotopic (exact) mass is 307 g/mol. The van der Waals surface area contributed by atoms with E-state index in [1.807, 2.05) is 0 Å². The Hall–Kier alpha value is -1.06. The normalized spacial score (nSPS) is 43.0. The SMILES string of the molecule is CC1(C)C2CCC1(C)C(NC(=O)C1CCC(C(=O)O)CC1)C2. The number of carboxylic acid groups (broad SMARTS) is 1. The second-order valence-electron chi connectivity index (χ2n) is 8.56. The van der Waals surface area contributed by atoms with E-state index in [9.17, 15) is 9.59 Å². The zero-order valence-corrected chi connectivity index (χ0v) is 14.0. The molecule has 0 aromatic heterocycles. The molecule has 4 nitrogen and oxygen atoms in total. The molecule has 3 aliphatic carbocycles. The Balaban J connectivity index is 1.59. The van der Waals surface area contributed by atoms with Gasteiger partial charge < -0.3 is 10.4 Å². The van der Waals surface area contributed by atoms with E-state index in [1.165, 1.54) is 12.8 Å². The van der Waals surface area contributed by atoms with Crippen LogP contribution in [0.1, 0.15) is 65.7 Å². The number of hydrogen-bond donors (Lipinski definition) is 2. The fourth-order valence-corrected chi connectivity index (χ4v) is 5.31. The molecule has 0 radical (unpaired) electrons. The molecule has 22 heavy (non-hydrogen) atoms. The van der Waals surface area contributed by atoms with Crippen molar-refractivity contribution in [1.82, 2.24) is 5.32 Å². The third-order valence-corrected chi connectivity index (χ3v) is 7.56. The summed E-state index contributed by atoms with van der Waals surface area (Å²) in [7, 11) is 0. The van der Waals surface area contributed by atoms with Gasteiger partial charge in [-0.3, -0.25) is 9.59 Å². The van der Waals surface area contributed by atoms with Crippen molar-refractivity contribution in [3.8, 4) is 0 Å². The van der Waals surface area contributed by atoms with E-state index >= 15 is 0 Å². The molecule has 124 valence electrons. The maximum atomic E-state index is 12.6. The molecule has 3 rings (SSSR count). The van der Waals surface area contributed by atoms with Crippen molar-refractivity contribution in [2.24, 2.45) is 28.6 Å². The second-order valence-corrected chi connectivity index (χ2v) is 8.56. The van der Waals surface area contributed by atoms with Gasteiger partial charge in [-0.15, -0.1) is 0 Å². The summed E-state index contributed by atoms with van der Waals surface area (Å²) in [6, 6.07) is 0.297. The molecule has 0 aromatic rings. The van der Waals surface area contributed by atoms with E-state index in [0.717, 1.165) is 25.2 Å². The van der Waals surface area contributed by atoms with Crippen LogP contribution in [0.4, 0.5) is 0 Å². The van der Waals surface area contributed by atoms with E-state index in [1.54, 1.807) is 0 Å². The fourth-order valence-electron chi connectivity index (χ4n) is 5.31. The Morgan fingerprint density at radius 2 is 1.59 bits per heavy atom. The molecule has 2 bridgehead atoms. The van der Waals surface area contributed by atoms with Crippen LogP contribution >= 0.6 is 0 Å². The van der Waals surface area contributed by atoms with Crippen LogP contribution in [0, 0.1) is 28.6 Å². The van der Waals surface area contributed by atoms with Crippen LogP contribution in [-0.4, -0.2) is 23.0 Å². The molecule has 0 heterocycles. The predicted octanol–water partition coefficient (Wildman–Crippen LogP) is 3.21. The second kappa shape index (κ2) is 5.24. The van der Waals surface area contributed by atoms with Crippen LogP contribution in [0.25, 0.3) is 0 Å². The lowest BCUT2D eigenvalue weighted by Gasteiger charge is -2.40. The van der Waals surface area contributed by atoms with Crippen LogP contribution in [0.15, 0.2) is 0 Å². The summed E-state index contributed by atoms with van der Waals surface area (Å²) in [5.74, 6) is -0.0467. The Morgan fingerprint density at radius 3 is 2.05 bits per heavy atom. The summed E-state index contributed by atoms with van der Waals surface area (Å²) in [6.07, 6.45) is 6.34. The lowest BCUT2D eigenvalue weighted by atomic mass is 9.69. The summed E-state index contributed by atoms with van der Waals surface area (Å²) >= 11 is 0. The number of carbonyl (C=O) groups is 2. The molecule has 2 N–H and O–H groups in total. The molecule has 3 atom stereocenters. The zero-order valence-electron chi connectivity index (χ0n) is 14.0. The number of fused-ring (bicyclic) bond motifs is 2. The minimum Gasteiger partial charge on any atom is -0.481 e. The van der Waals surface area contributed by atoms with Crippen LogP contribution in [0.2, 0.25) is 0 Å². The Kier molecular flexibility index (Phi) is 3.77. The molecule has 3 fully saturated rings. The summed E-state index contributed by atoms with van der Waals surface area (Å²) < 4.78 is 0. The minimum absolute atomic E-state index is 0.0152. The standard InChI is InChI=1S/C18H29NO3/c1-17(2)13-8-9-18(17,3)14(10-13)19-15(20)11-4-6-12(7-5-11)16(21)22/h11-14H,4-10H2,1-3H3,(H,19,20)(H,21,22). The van der Waals surface area contributed by atoms with Gasteiger partial charge in [-0.1, -0.05) is 20.8 Å². The van der Waals surface area contributed by atoms with Gasteiger partial charge in [0, 0.05) is 12.0 Å². The third-order valence-electron chi connectivity index (χ3n) is 7.56. The van der Waals surface area contributed by atoms with Crippen LogP contribution in [0.3, 0.4) is 0 Å². The molecule has 3 aliphatic rings. The quantitative estimate of drug-likeness (QED) is 0.841. The zero-order chi connectivity index (χ0) is 16.1. The van der Waals surface area contributed by atoms with E-state index in [2.05, 4.69) is 26.1 Å². The molecule has 3 saturated carbocycles. The van der Waals surface area contributed by atoms with Crippen molar-refractivity contribution in [3.05, 3.63) is 0 Å². The number of hydrogen-bond acceptors (Lipinski definition) is 2. The first-order valence-electron chi connectivity index (χ1n) is 8.79. The van der Waals surface area contributed by atoms with Gasteiger partial charge >= 0.3 is 5.97 Å². The van der Waals surface area contributed by atoms with E-state index in [-0.39, 0.29) is 23.2 Å². The number of carboxylic acids is 1. The first kappa shape index (κ1) is 15.8. The minimum atomic E-state index is -0.707. The lowest BCUT2D eigenvalue weighted by Crippen LogP contribution is -2.49. The van der Waals surface area contributed by atoms with Gasteiger partial charge in [0.1, 0.15) is 0 Å². The number of aliphatic carboxylic acids is 1. The molecule has 0 aromatic carbocycles. The highest BCUT2D eigenvalue weighted by molar-refractivity contribution is 5.79. The maximum Gasteiger partial charge on any atom is 0.306 e. The molecular weight excluding hydrogens is 278 g/mol. The van der Waals surface area contributed by atoms with Crippen LogP contribution < -0.4 is 5.32 Å². The number of carbonyl (C=O) groups excluding carboxylic acids is 1. The average Bonchev–Trinajstić information content (AvgIpc) is 2.80. The first-order valence-corrected chi connectivity index (χ1v) is 8.79. The van der Waals surface area contributed by atoms with Crippen molar-refractivity contribution < 1.29 is 14.7 Å². The molecule has 1 amide bonds. The lowest BCUT2D eigenvalue weighted by molar-refractivity contribution is -0.144. The smallest absolute Gasteiger partial charge is 0.306 e. The van der Waals surface area contributed by atoms with E-state index < -0.39 is 5.97 Å². The fraction of sp³-hybridized carbons (Fsp3) is 0.889. The third kappa shape index (κ3) is 2.26. The maximum absolute atomic E-state index is 12.6. The number of rotatable bonds is 3. The van der Waals surface area contributed by atoms with Crippen molar-refractivity contribution in [3.63, 3.8) is 0 Å². The number of nitrogens with one attached hydrogen (secondary N) is 1.